The lowest BCUT2D eigenvalue weighted by Crippen LogP contribution is -1.91. The van der Waals surface area contributed by atoms with E-state index in [0.717, 1.165) is 22.7 Å². The number of pyridine rings is 1. The summed E-state index contributed by atoms with van der Waals surface area (Å²) in [5, 5.41) is 0. The first-order chi connectivity index (χ1) is 6.11. The molecule has 13 heavy (non-hydrogen) atoms. The zero-order valence-corrected chi connectivity index (χ0v) is 8.33. The summed E-state index contributed by atoms with van der Waals surface area (Å²) in [6, 6.07) is 3.90. The van der Waals surface area contributed by atoms with Crippen molar-refractivity contribution < 1.29 is 0 Å². The van der Waals surface area contributed by atoms with Crippen LogP contribution in [0.15, 0.2) is 35.5 Å². The van der Waals surface area contributed by atoms with E-state index < -0.39 is 0 Å². The molecule has 0 saturated carbocycles. The van der Waals surface area contributed by atoms with Crippen LogP contribution in [-0.4, -0.2) is 10.7 Å². The smallest absolute Gasteiger partial charge is 0.154 e. The van der Waals surface area contributed by atoms with Crippen LogP contribution < -0.4 is 0 Å². The minimum atomic E-state index is 0.781. The number of allylic oxidation sites excluding steroid dienone is 1. The SMILES string of the molecule is C=C(C)/C(C)=N\c1ncccc1C. The summed E-state index contributed by atoms with van der Waals surface area (Å²) in [4.78, 5) is 8.54. The number of nitrogens with zero attached hydrogens (tertiary/aromatic N) is 2. The Balaban J connectivity index is 3.04. The summed E-state index contributed by atoms with van der Waals surface area (Å²) in [6.45, 7) is 9.70. The normalized spacial score (nSPS) is 11.5. The second kappa shape index (κ2) is 3.99. The molecule has 0 radical (unpaired) electrons. The van der Waals surface area contributed by atoms with Crippen LogP contribution in [-0.2, 0) is 0 Å². The van der Waals surface area contributed by atoms with Crippen LogP contribution in [0.3, 0.4) is 0 Å². The largest absolute Gasteiger partial charge is 0.237 e. The van der Waals surface area contributed by atoms with Crippen molar-refractivity contribution >= 4 is 11.5 Å². The maximum absolute atomic E-state index is 4.36. The highest BCUT2D eigenvalue weighted by Gasteiger charge is 1.97. The summed E-state index contributed by atoms with van der Waals surface area (Å²) < 4.78 is 0. The van der Waals surface area contributed by atoms with E-state index in [9.17, 15) is 0 Å². The quantitative estimate of drug-likeness (QED) is 0.632. The fourth-order valence-electron chi connectivity index (χ4n) is 0.849. The van der Waals surface area contributed by atoms with Crippen LogP contribution >= 0.6 is 0 Å². The van der Waals surface area contributed by atoms with Crippen molar-refractivity contribution in [3.8, 4) is 0 Å². The van der Waals surface area contributed by atoms with E-state index in [-0.39, 0.29) is 0 Å². The molecule has 0 bridgehead atoms. The van der Waals surface area contributed by atoms with Gasteiger partial charge in [-0.2, -0.15) is 0 Å². The van der Waals surface area contributed by atoms with Crippen molar-refractivity contribution in [2.24, 2.45) is 4.99 Å². The predicted octanol–water partition coefficient (Wildman–Crippen LogP) is 3.06. The topological polar surface area (TPSA) is 25.2 Å². The van der Waals surface area contributed by atoms with Gasteiger partial charge in [0.25, 0.3) is 0 Å². The van der Waals surface area contributed by atoms with Crippen molar-refractivity contribution in [3.63, 3.8) is 0 Å². The highest BCUT2D eigenvalue weighted by atomic mass is 14.9. The summed E-state index contributed by atoms with van der Waals surface area (Å²) in [5.41, 5.74) is 3.00. The third kappa shape index (κ3) is 2.51. The molecule has 0 unspecified atom stereocenters. The summed E-state index contributed by atoms with van der Waals surface area (Å²) in [5.74, 6) is 0.781. The summed E-state index contributed by atoms with van der Waals surface area (Å²) in [7, 11) is 0. The number of aliphatic imine (C=N–C) groups is 1. The van der Waals surface area contributed by atoms with Gasteiger partial charge in [0.2, 0.25) is 0 Å². The second-order valence-corrected chi connectivity index (χ2v) is 3.12. The molecule has 1 aromatic heterocycles. The summed E-state index contributed by atoms with van der Waals surface area (Å²) >= 11 is 0. The van der Waals surface area contributed by atoms with Crippen LogP contribution in [0.1, 0.15) is 19.4 Å². The zero-order valence-electron chi connectivity index (χ0n) is 8.33. The molecule has 0 saturated heterocycles. The molecular weight excluding hydrogens is 160 g/mol. The van der Waals surface area contributed by atoms with E-state index in [1.54, 1.807) is 6.20 Å². The van der Waals surface area contributed by atoms with Gasteiger partial charge in [0.05, 0.1) is 0 Å². The number of aryl methyl sites for hydroxylation is 1. The van der Waals surface area contributed by atoms with Crippen molar-refractivity contribution in [1.29, 1.82) is 0 Å². The Morgan fingerprint density at radius 1 is 1.46 bits per heavy atom. The van der Waals surface area contributed by atoms with Crippen molar-refractivity contribution in [3.05, 3.63) is 36.0 Å². The van der Waals surface area contributed by atoms with Crippen LogP contribution in [0, 0.1) is 6.92 Å². The number of rotatable bonds is 2. The third-order valence-electron chi connectivity index (χ3n) is 1.87. The number of aromatic nitrogens is 1. The molecule has 1 aromatic rings. The Kier molecular flexibility index (Phi) is 2.96. The molecular formula is C11H14N2. The molecule has 0 aromatic carbocycles. The maximum Gasteiger partial charge on any atom is 0.154 e. The molecule has 0 aliphatic carbocycles. The minimum absolute atomic E-state index is 0.781. The first-order valence-corrected chi connectivity index (χ1v) is 4.24. The van der Waals surface area contributed by atoms with Crippen LogP contribution in [0.25, 0.3) is 0 Å². The van der Waals surface area contributed by atoms with E-state index in [2.05, 4.69) is 16.6 Å². The molecule has 0 fully saturated rings. The lowest BCUT2D eigenvalue weighted by atomic mass is 10.2. The monoisotopic (exact) mass is 174 g/mol. The van der Waals surface area contributed by atoms with Crippen molar-refractivity contribution in [1.82, 2.24) is 4.98 Å². The van der Waals surface area contributed by atoms with Gasteiger partial charge in [-0.3, -0.25) is 0 Å². The number of hydrogen-bond acceptors (Lipinski definition) is 2. The van der Waals surface area contributed by atoms with E-state index in [4.69, 9.17) is 0 Å². The van der Waals surface area contributed by atoms with Crippen molar-refractivity contribution in [2.45, 2.75) is 20.8 Å². The Labute approximate surface area is 79.0 Å². The minimum Gasteiger partial charge on any atom is -0.237 e. The van der Waals surface area contributed by atoms with Gasteiger partial charge in [0.1, 0.15) is 0 Å². The highest BCUT2D eigenvalue weighted by Crippen LogP contribution is 2.14. The van der Waals surface area contributed by atoms with Gasteiger partial charge in [-0.15, -0.1) is 0 Å². The molecule has 0 aliphatic rings. The fourth-order valence-corrected chi connectivity index (χ4v) is 0.849. The van der Waals surface area contributed by atoms with Gasteiger partial charge < -0.3 is 0 Å². The van der Waals surface area contributed by atoms with Gasteiger partial charge >= 0.3 is 0 Å². The van der Waals surface area contributed by atoms with Crippen LogP contribution in [0.2, 0.25) is 0 Å². The van der Waals surface area contributed by atoms with Crippen molar-refractivity contribution in [2.75, 3.05) is 0 Å². The summed E-state index contributed by atoms with van der Waals surface area (Å²) in [6.07, 6.45) is 1.75. The molecule has 2 nitrogen and oxygen atoms in total. The van der Waals surface area contributed by atoms with Crippen LogP contribution in [0.5, 0.6) is 0 Å². The molecule has 0 amide bonds. The number of hydrogen-bond donors (Lipinski definition) is 0. The molecule has 1 heterocycles. The van der Waals surface area contributed by atoms with E-state index in [0.29, 0.717) is 0 Å². The fraction of sp³-hybridized carbons (Fsp3) is 0.273. The molecule has 0 spiro atoms. The first-order valence-electron chi connectivity index (χ1n) is 4.24. The molecule has 68 valence electrons. The van der Waals surface area contributed by atoms with Gasteiger partial charge in [-0.05, 0) is 38.0 Å². The first kappa shape index (κ1) is 9.65. The molecule has 1 rings (SSSR count). The molecule has 0 aliphatic heterocycles. The maximum atomic E-state index is 4.36. The Morgan fingerprint density at radius 2 is 2.15 bits per heavy atom. The van der Waals surface area contributed by atoms with E-state index in [1.807, 2.05) is 32.9 Å². The second-order valence-electron chi connectivity index (χ2n) is 3.12. The molecule has 0 N–H and O–H groups in total. The van der Waals surface area contributed by atoms with E-state index in [1.165, 1.54) is 0 Å². The lowest BCUT2D eigenvalue weighted by molar-refractivity contribution is 1.22. The Hall–Kier alpha value is -1.44. The highest BCUT2D eigenvalue weighted by molar-refractivity contribution is 5.98. The third-order valence-corrected chi connectivity index (χ3v) is 1.87. The average Bonchev–Trinajstić information content (AvgIpc) is 2.08. The Bertz CT molecular complexity index is 351. The van der Waals surface area contributed by atoms with Gasteiger partial charge in [-0.1, -0.05) is 12.6 Å². The van der Waals surface area contributed by atoms with Gasteiger partial charge in [-0.25, -0.2) is 9.98 Å². The molecule has 2 heteroatoms. The Morgan fingerprint density at radius 3 is 2.69 bits per heavy atom. The molecule has 0 atom stereocenters. The van der Waals surface area contributed by atoms with E-state index >= 15 is 0 Å². The zero-order chi connectivity index (χ0) is 9.84. The lowest BCUT2D eigenvalue weighted by Gasteiger charge is -2.00. The average molecular weight is 174 g/mol. The van der Waals surface area contributed by atoms with Gasteiger partial charge in [0.15, 0.2) is 5.82 Å². The predicted molar refractivity (Wildman–Crippen MR) is 56.6 cm³/mol. The standard InChI is InChI=1S/C11H14N2/c1-8(2)10(4)13-11-9(3)6-5-7-12-11/h5-7H,1H2,2-4H3/b13-10-. The van der Waals surface area contributed by atoms with Gasteiger partial charge in [0, 0.05) is 11.9 Å². The van der Waals surface area contributed by atoms with Crippen LogP contribution in [0.4, 0.5) is 5.82 Å².